The van der Waals surface area contributed by atoms with Crippen LogP contribution in [0.4, 0.5) is 0 Å². The molecule has 0 radical (unpaired) electrons. The zero-order chi connectivity index (χ0) is 9.24. The average Bonchev–Trinajstić information content (AvgIpc) is 2.06. The Kier molecular flexibility index (Phi) is 2.79. The minimum absolute atomic E-state index is 0.0233. The normalized spacial score (nSPS) is 27.0. The Labute approximate surface area is 75.4 Å². The number of aliphatic hydroxyl groups excluding tert-OH is 1. The molecule has 1 fully saturated rings. The highest BCUT2D eigenvalue weighted by molar-refractivity contribution is 4.93. The molecule has 2 heteroatoms. The van der Waals surface area contributed by atoms with E-state index < -0.39 is 0 Å². The molecule has 12 heavy (non-hydrogen) atoms. The van der Waals surface area contributed by atoms with Crippen LogP contribution in [-0.4, -0.2) is 24.3 Å². The molecule has 0 aromatic heterocycles. The maximum Gasteiger partial charge on any atom is 0.0613 e. The van der Waals surface area contributed by atoms with Crippen LogP contribution in [0.25, 0.3) is 0 Å². The van der Waals surface area contributed by atoms with Crippen LogP contribution in [0, 0.1) is 5.41 Å². The Bertz CT molecular complexity index is 138. The molecule has 0 atom stereocenters. The van der Waals surface area contributed by atoms with E-state index in [0.29, 0.717) is 5.41 Å². The number of likely N-dealkylation sites (N-methyl/N-ethyl adjacent to an activating group) is 1. The maximum absolute atomic E-state index is 9.25. The van der Waals surface area contributed by atoms with Gasteiger partial charge in [-0.25, -0.2) is 0 Å². The first-order chi connectivity index (χ1) is 5.54. The number of nitrogens with one attached hydrogen (secondary N) is 1. The summed E-state index contributed by atoms with van der Waals surface area (Å²) in [5, 5.41) is 12.5. The predicted octanol–water partition coefficient (Wildman–Crippen LogP) is 1.54. The van der Waals surface area contributed by atoms with Gasteiger partial charge in [-0.05, 0) is 38.1 Å². The summed E-state index contributed by atoms with van der Waals surface area (Å²) in [6.45, 7) is 4.90. The molecule has 0 aromatic carbocycles. The average molecular weight is 171 g/mol. The second kappa shape index (κ2) is 3.35. The van der Waals surface area contributed by atoms with Crippen LogP contribution >= 0.6 is 0 Å². The van der Waals surface area contributed by atoms with Gasteiger partial charge in [0.2, 0.25) is 0 Å². The van der Waals surface area contributed by atoms with E-state index in [4.69, 9.17) is 0 Å². The number of aliphatic hydroxyl groups is 1. The van der Waals surface area contributed by atoms with Gasteiger partial charge in [0.15, 0.2) is 0 Å². The van der Waals surface area contributed by atoms with Gasteiger partial charge in [0.25, 0.3) is 0 Å². The quantitative estimate of drug-likeness (QED) is 0.660. The minimum Gasteiger partial charge on any atom is -0.394 e. The van der Waals surface area contributed by atoms with Gasteiger partial charge in [-0.15, -0.1) is 0 Å². The summed E-state index contributed by atoms with van der Waals surface area (Å²) in [7, 11) is 1.95. The Morgan fingerprint density at radius 1 is 1.17 bits per heavy atom. The smallest absolute Gasteiger partial charge is 0.0613 e. The van der Waals surface area contributed by atoms with Crippen LogP contribution in [-0.2, 0) is 0 Å². The van der Waals surface area contributed by atoms with Gasteiger partial charge < -0.3 is 10.4 Å². The molecule has 0 bridgehead atoms. The zero-order valence-electron chi connectivity index (χ0n) is 8.48. The Hall–Kier alpha value is -0.0800. The van der Waals surface area contributed by atoms with Crippen molar-refractivity contribution in [3.8, 4) is 0 Å². The lowest BCUT2D eigenvalue weighted by molar-refractivity contribution is 0.0822. The van der Waals surface area contributed by atoms with E-state index in [-0.39, 0.29) is 12.1 Å². The van der Waals surface area contributed by atoms with Crippen LogP contribution < -0.4 is 5.32 Å². The molecule has 0 heterocycles. The van der Waals surface area contributed by atoms with E-state index in [1.54, 1.807) is 0 Å². The summed E-state index contributed by atoms with van der Waals surface area (Å²) in [4.78, 5) is 0. The Balaban J connectivity index is 2.53. The standard InChI is InChI=1S/C10H21NO/c1-9(2)4-6-10(8-12,11-3)7-5-9/h11-12H,4-8H2,1-3H3. The second-order valence-corrected chi connectivity index (χ2v) is 4.85. The fraction of sp³-hybridized carbons (Fsp3) is 1.00. The topological polar surface area (TPSA) is 32.3 Å². The van der Waals surface area contributed by atoms with Gasteiger partial charge in [-0.3, -0.25) is 0 Å². The number of hydrogen-bond donors (Lipinski definition) is 2. The number of hydrogen-bond acceptors (Lipinski definition) is 2. The van der Waals surface area contributed by atoms with Gasteiger partial charge in [0.1, 0.15) is 0 Å². The first kappa shape index (κ1) is 10.0. The molecule has 2 N–H and O–H groups in total. The Morgan fingerprint density at radius 2 is 1.67 bits per heavy atom. The summed E-state index contributed by atoms with van der Waals surface area (Å²) in [5.41, 5.74) is 0.505. The largest absolute Gasteiger partial charge is 0.394 e. The van der Waals surface area contributed by atoms with E-state index in [1.807, 2.05) is 7.05 Å². The van der Waals surface area contributed by atoms with Crippen molar-refractivity contribution in [2.45, 2.75) is 45.1 Å². The maximum atomic E-state index is 9.25. The molecule has 72 valence electrons. The highest BCUT2D eigenvalue weighted by Crippen LogP contribution is 2.39. The molecular formula is C10H21NO. The highest BCUT2D eigenvalue weighted by Gasteiger charge is 2.36. The van der Waals surface area contributed by atoms with Crippen molar-refractivity contribution in [3.63, 3.8) is 0 Å². The highest BCUT2D eigenvalue weighted by atomic mass is 16.3. The van der Waals surface area contributed by atoms with Gasteiger partial charge in [-0.2, -0.15) is 0 Å². The zero-order valence-corrected chi connectivity index (χ0v) is 8.48. The number of rotatable bonds is 2. The molecular weight excluding hydrogens is 150 g/mol. The molecule has 1 rings (SSSR count). The predicted molar refractivity (Wildman–Crippen MR) is 51.1 cm³/mol. The third kappa shape index (κ3) is 1.99. The second-order valence-electron chi connectivity index (χ2n) is 4.85. The third-order valence-electron chi connectivity index (χ3n) is 3.39. The van der Waals surface area contributed by atoms with Crippen molar-refractivity contribution in [2.24, 2.45) is 5.41 Å². The lowest BCUT2D eigenvalue weighted by Crippen LogP contribution is -2.50. The first-order valence-electron chi connectivity index (χ1n) is 4.83. The Morgan fingerprint density at radius 3 is 2.00 bits per heavy atom. The van der Waals surface area contributed by atoms with Crippen LogP contribution in [0.2, 0.25) is 0 Å². The minimum atomic E-state index is 0.0233. The van der Waals surface area contributed by atoms with Gasteiger partial charge in [0.05, 0.1) is 6.61 Å². The van der Waals surface area contributed by atoms with Gasteiger partial charge >= 0.3 is 0 Å². The molecule has 0 aliphatic heterocycles. The monoisotopic (exact) mass is 171 g/mol. The van der Waals surface area contributed by atoms with E-state index in [1.165, 1.54) is 12.8 Å². The molecule has 0 unspecified atom stereocenters. The van der Waals surface area contributed by atoms with Crippen LogP contribution in [0.1, 0.15) is 39.5 Å². The lowest BCUT2D eigenvalue weighted by Gasteiger charge is -2.42. The van der Waals surface area contributed by atoms with Crippen molar-refractivity contribution >= 4 is 0 Å². The van der Waals surface area contributed by atoms with Crippen molar-refractivity contribution in [3.05, 3.63) is 0 Å². The van der Waals surface area contributed by atoms with Gasteiger partial charge in [0, 0.05) is 5.54 Å². The summed E-state index contributed by atoms with van der Waals surface area (Å²) >= 11 is 0. The van der Waals surface area contributed by atoms with Crippen molar-refractivity contribution in [2.75, 3.05) is 13.7 Å². The molecule has 1 aliphatic carbocycles. The van der Waals surface area contributed by atoms with Crippen LogP contribution in [0.15, 0.2) is 0 Å². The fourth-order valence-electron chi connectivity index (χ4n) is 1.89. The molecule has 2 nitrogen and oxygen atoms in total. The molecule has 0 amide bonds. The van der Waals surface area contributed by atoms with E-state index in [9.17, 15) is 5.11 Å². The first-order valence-corrected chi connectivity index (χ1v) is 4.83. The van der Waals surface area contributed by atoms with E-state index >= 15 is 0 Å². The molecule has 1 saturated carbocycles. The van der Waals surface area contributed by atoms with Crippen molar-refractivity contribution in [1.29, 1.82) is 0 Å². The van der Waals surface area contributed by atoms with Crippen molar-refractivity contribution < 1.29 is 5.11 Å². The fourth-order valence-corrected chi connectivity index (χ4v) is 1.89. The molecule has 1 aliphatic rings. The molecule has 0 aromatic rings. The van der Waals surface area contributed by atoms with Crippen molar-refractivity contribution in [1.82, 2.24) is 5.32 Å². The van der Waals surface area contributed by atoms with E-state index in [2.05, 4.69) is 19.2 Å². The molecule has 0 spiro atoms. The summed E-state index contributed by atoms with van der Waals surface area (Å²) < 4.78 is 0. The van der Waals surface area contributed by atoms with E-state index in [0.717, 1.165) is 12.8 Å². The van der Waals surface area contributed by atoms with Crippen LogP contribution in [0.5, 0.6) is 0 Å². The molecule has 0 saturated heterocycles. The summed E-state index contributed by atoms with van der Waals surface area (Å²) in [5.74, 6) is 0. The third-order valence-corrected chi connectivity index (χ3v) is 3.39. The summed E-state index contributed by atoms with van der Waals surface area (Å²) in [6.07, 6.45) is 4.64. The lowest BCUT2D eigenvalue weighted by atomic mass is 9.70. The SMILES string of the molecule is CNC1(CO)CCC(C)(C)CC1. The summed E-state index contributed by atoms with van der Waals surface area (Å²) in [6, 6.07) is 0. The van der Waals surface area contributed by atoms with Crippen LogP contribution in [0.3, 0.4) is 0 Å². The van der Waals surface area contributed by atoms with Gasteiger partial charge in [-0.1, -0.05) is 13.8 Å².